The molecule has 106 valence electrons. The summed E-state index contributed by atoms with van der Waals surface area (Å²) in [5.74, 6) is 0.429. The highest BCUT2D eigenvalue weighted by molar-refractivity contribution is 7.85. The van der Waals surface area contributed by atoms with E-state index in [1.807, 2.05) is 78.9 Å². The summed E-state index contributed by atoms with van der Waals surface area (Å²) < 4.78 is 19.0. The molecule has 0 atom stereocenters. The van der Waals surface area contributed by atoms with Crippen LogP contribution < -0.4 is 20.6 Å². The lowest BCUT2D eigenvalue weighted by Gasteiger charge is -2.22. The van der Waals surface area contributed by atoms with Gasteiger partial charge in [-0.3, -0.25) is 0 Å². The highest BCUT2D eigenvalue weighted by Crippen LogP contribution is 2.44. The van der Waals surface area contributed by atoms with Gasteiger partial charge in [-0.25, -0.2) is 0 Å². The molecule has 2 nitrogen and oxygen atoms in total. The fourth-order valence-corrected chi connectivity index (χ4v) is 5.29. The van der Waals surface area contributed by atoms with E-state index >= 15 is 0 Å². The van der Waals surface area contributed by atoms with Crippen LogP contribution in [0.4, 0.5) is 0 Å². The highest BCUT2D eigenvalue weighted by Gasteiger charge is 2.31. The predicted octanol–water partition coefficient (Wildman–Crippen LogP) is 2.79. The Labute approximate surface area is 131 Å². The maximum atomic E-state index is 14.1. The molecule has 0 heterocycles. The van der Waals surface area contributed by atoms with Gasteiger partial charge in [0, 0.05) is 10.6 Å². The zero-order valence-electron chi connectivity index (χ0n) is 11.9. The minimum Gasteiger partial charge on any atom is -0.567 e. The molecule has 2 radical (unpaired) electrons. The maximum absolute atomic E-state index is 14.1. The standard InChI is InChI=1S/C18H14BO2P/c19-21-17-13-7-8-14-18(17)22(20,15-9-3-1-4-10-15)16-11-5-2-6-12-16/h1-14H. The van der Waals surface area contributed by atoms with Gasteiger partial charge in [0.1, 0.15) is 5.75 Å². The fourth-order valence-electron chi connectivity index (χ4n) is 2.52. The molecule has 0 N–H and O–H groups in total. The molecule has 0 spiro atoms. The van der Waals surface area contributed by atoms with Crippen LogP contribution in [-0.4, -0.2) is 8.05 Å². The number of rotatable bonds is 4. The zero-order valence-corrected chi connectivity index (χ0v) is 12.8. The lowest BCUT2D eigenvalue weighted by molar-refractivity contribution is 0.589. The summed E-state index contributed by atoms with van der Waals surface area (Å²) in [6.07, 6.45) is 0. The molecule has 3 rings (SSSR count). The fraction of sp³-hybridized carbons (Fsp3) is 0. The zero-order chi connectivity index (χ0) is 15.4. The summed E-state index contributed by atoms with van der Waals surface area (Å²) >= 11 is 0. The first-order valence-corrected chi connectivity index (χ1v) is 8.65. The third kappa shape index (κ3) is 2.49. The van der Waals surface area contributed by atoms with Gasteiger partial charge in [0.25, 0.3) is 0 Å². The molecule has 3 aromatic carbocycles. The first kappa shape index (κ1) is 14.7. The summed E-state index contributed by atoms with van der Waals surface area (Å²) in [4.78, 5) is 0. The first-order valence-electron chi connectivity index (χ1n) is 6.94. The molecule has 0 fully saturated rings. The van der Waals surface area contributed by atoms with E-state index in [-0.39, 0.29) is 0 Å². The van der Waals surface area contributed by atoms with Crippen LogP contribution in [0.3, 0.4) is 0 Å². The van der Waals surface area contributed by atoms with Gasteiger partial charge in [0.05, 0.1) is 5.30 Å². The van der Waals surface area contributed by atoms with E-state index in [0.29, 0.717) is 11.1 Å². The van der Waals surface area contributed by atoms with Crippen molar-refractivity contribution in [2.45, 2.75) is 0 Å². The molecule has 0 saturated carbocycles. The summed E-state index contributed by atoms with van der Waals surface area (Å²) in [5, 5.41) is 2.12. The summed E-state index contributed by atoms with van der Waals surface area (Å²) in [7, 11) is 2.35. The summed E-state index contributed by atoms with van der Waals surface area (Å²) in [5.41, 5.74) is 0. The number of hydrogen-bond acceptors (Lipinski definition) is 2. The smallest absolute Gasteiger partial charge is 0.374 e. The van der Waals surface area contributed by atoms with E-state index in [4.69, 9.17) is 12.7 Å². The van der Waals surface area contributed by atoms with Crippen LogP contribution in [-0.2, 0) is 4.57 Å². The third-order valence-corrected chi connectivity index (χ3v) is 6.67. The monoisotopic (exact) mass is 304 g/mol. The molecule has 0 aliphatic carbocycles. The molecule has 0 unspecified atom stereocenters. The minimum absolute atomic E-state index is 0.429. The Morgan fingerprint density at radius 1 is 0.682 bits per heavy atom. The molecule has 22 heavy (non-hydrogen) atoms. The van der Waals surface area contributed by atoms with Gasteiger partial charge in [-0.1, -0.05) is 72.8 Å². The van der Waals surface area contributed by atoms with Crippen molar-refractivity contribution in [3.8, 4) is 5.75 Å². The van der Waals surface area contributed by atoms with Crippen molar-refractivity contribution >= 4 is 31.1 Å². The molecule has 4 heteroatoms. The summed E-state index contributed by atoms with van der Waals surface area (Å²) in [6, 6.07) is 26.1. The van der Waals surface area contributed by atoms with Gasteiger partial charge < -0.3 is 9.22 Å². The normalized spacial score (nSPS) is 11.1. The maximum Gasteiger partial charge on any atom is 0.374 e. The topological polar surface area (TPSA) is 26.3 Å². The Kier molecular flexibility index (Phi) is 4.17. The molecular weight excluding hydrogens is 290 g/mol. The second-order valence-electron chi connectivity index (χ2n) is 4.87. The van der Waals surface area contributed by atoms with Crippen molar-refractivity contribution in [2.24, 2.45) is 0 Å². The Bertz CT molecular complexity index is 760. The van der Waals surface area contributed by atoms with E-state index in [2.05, 4.69) is 0 Å². The Hall–Kier alpha value is -2.25. The van der Waals surface area contributed by atoms with Crippen LogP contribution in [0.2, 0.25) is 0 Å². The Morgan fingerprint density at radius 3 is 1.64 bits per heavy atom. The van der Waals surface area contributed by atoms with Gasteiger partial charge in [-0.05, 0) is 12.1 Å². The van der Waals surface area contributed by atoms with Crippen LogP contribution in [0, 0.1) is 0 Å². The van der Waals surface area contributed by atoms with Gasteiger partial charge in [-0.2, -0.15) is 0 Å². The lowest BCUT2D eigenvalue weighted by atomic mass is 10.3. The predicted molar refractivity (Wildman–Crippen MR) is 92.2 cm³/mol. The van der Waals surface area contributed by atoms with Crippen molar-refractivity contribution in [3.05, 3.63) is 84.9 Å². The lowest BCUT2D eigenvalue weighted by Crippen LogP contribution is -2.26. The molecule has 0 amide bonds. The highest BCUT2D eigenvalue weighted by atomic mass is 31.2. The van der Waals surface area contributed by atoms with Gasteiger partial charge in [-0.15, -0.1) is 0 Å². The van der Waals surface area contributed by atoms with Crippen molar-refractivity contribution in [3.63, 3.8) is 0 Å². The molecule has 0 aliphatic heterocycles. The first-order chi connectivity index (χ1) is 10.8. The molecule has 0 saturated heterocycles. The molecule has 0 aliphatic rings. The van der Waals surface area contributed by atoms with Gasteiger partial charge in [0.15, 0.2) is 7.14 Å². The average Bonchev–Trinajstić information content (AvgIpc) is 2.62. The Balaban J connectivity index is 2.32. The van der Waals surface area contributed by atoms with Crippen molar-refractivity contribution < 1.29 is 9.22 Å². The van der Waals surface area contributed by atoms with Crippen LogP contribution in [0.1, 0.15) is 0 Å². The average molecular weight is 304 g/mol. The van der Waals surface area contributed by atoms with Gasteiger partial charge in [0.2, 0.25) is 0 Å². The van der Waals surface area contributed by atoms with Crippen molar-refractivity contribution in [2.75, 3.05) is 0 Å². The second kappa shape index (κ2) is 6.25. The summed E-state index contributed by atoms with van der Waals surface area (Å²) in [6.45, 7) is 0. The van der Waals surface area contributed by atoms with Crippen LogP contribution in [0.5, 0.6) is 5.75 Å². The quantitative estimate of drug-likeness (QED) is 0.547. The largest absolute Gasteiger partial charge is 0.567 e. The number of hydrogen-bond donors (Lipinski definition) is 0. The van der Waals surface area contributed by atoms with Crippen LogP contribution in [0.15, 0.2) is 84.9 Å². The van der Waals surface area contributed by atoms with E-state index in [1.54, 1.807) is 6.07 Å². The molecular formula is C18H14BO2P. The molecule has 0 aromatic heterocycles. The van der Waals surface area contributed by atoms with Crippen molar-refractivity contribution in [1.29, 1.82) is 0 Å². The van der Waals surface area contributed by atoms with E-state index in [9.17, 15) is 4.57 Å². The van der Waals surface area contributed by atoms with Crippen molar-refractivity contribution in [1.82, 2.24) is 0 Å². The number of para-hydroxylation sites is 1. The van der Waals surface area contributed by atoms with Gasteiger partial charge >= 0.3 is 8.05 Å². The minimum atomic E-state index is -3.04. The van der Waals surface area contributed by atoms with Crippen LogP contribution >= 0.6 is 7.14 Å². The van der Waals surface area contributed by atoms with Crippen LogP contribution in [0.25, 0.3) is 0 Å². The second-order valence-corrected chi connectivity index (χ2v) is 7.60. The molecule has 0 bridgehead atoms. The van der Waals surface area contributed by atoms with E-state index < -0.39 is 7.14 Å². The molecule has 3 aromatic rings. The number of benzene rings is 3. The third-order valence-electron chi connectivity index (χ3n) is 3.57. The Morgan fingerprint density at radius 2 is 1.14 bits per heavy atom. The van der Waals surface area contributed by atoms with E-state index in [0.717, 1.165) is 10.6 Å². The SMILES string of the molecule is [B]Oc1ccccc1P(=O)(c1ccccc1)c1ccccc1. The van der Waals surface area contributed by atoms with E-state index in [1.165, 1.54) is 0 Å².